The molecule has 2 aliphatic rings. The quantitative estimate of drug-likeness (QED) is 0.185. The van der Waals surface area contributed by atoms with Gasteiger partial charge >= 0.3 is 18.4 Å². The van der Waals surface area contributed by atoms with E-state index < -0.39 is 33.2 Å². The van der Waals surface area contributed by atoms with Gasteiger partial charge in [-0.25, -0.2) is 4.79 Å². The number of nitrogens with zero attached hydrogens (tertiary/aromatic N) is 1. The summed E-state index contributed by atoms with van der Waals surface area (Å²) in [7, 11) is 0. The summed E-state index contributed by atoms with van der Waals surface area (Å²) in [6, 6.07) is 10.7. The molecule has 1 aliphatic carbocycles. The summed E-state index contributed by atoms with van der Waals surface area (Å²) < 4.78 is 85.0. The fourth-order valence-corrected chi connectivity index (χ4v) is 5.47. The van der Waals surface area contributed by atoms with Gasteiger partial charge in [-0.2, -0.15) is 26.3 Å². The van der Waals surface area contributed by atoms with Gasteiger partial charge in [-0.15, -0.1) is 0 Å². The second-order valence-corrected chi connectivity index (χ2v) is 13.4. The second-order valence-electron chi connectivity index (χ2n) is 10.9. The minimum Gasteiger partial charge on any atom is -0.433 e. The van der Waals surface area contributed by atoms with Gasteiger partial charge < -0.3 is 15.0 Å². The van der Waals surface area contributed by atoms with E-state index >= 15 is 0 Å². The van der Waals surface area contributed by atoms with Crippen molar-refractivity contribution in [3.05, 3.63) is 70.8 Å². The number of benzene rings is 2. The molecule has 3 atom stereocenters. The Morgan fingerprint density at radius 3 is 2.05 bits per heavy atom. The van der Waals surface area contributed by atoms with Crippen LogP contribution in [0.5, 0.6) is 0 Å². The molecule has 0 spiro atoms. The third-order valence-electron chi connectivity index (χ3n) is 7.10. The number of alkyl halides is 7. The van der Waals surface area contributed by atoms with E-state index in [-0.39, 0.29) is 42.2 Å². The Morgan fingerprint density at radius 1 is 0.949 bits per heavy atom. The Labute approximate surface area is 237 Å². The van der Waals surface area contributed by atoms with Gasteiger partial charge in [0.25, 0.3) is 0 Å². The monoisotopic (exact) mass is 668 g/mol. The van der Waals surface area contributed by atoms with Crippen LogP contribution in [0.15, 0.2) is 48.5 Å². The Morgan fingerprint density at radius 2 is 1.54 bits per heavy atom. The van der Waals surface area contributed by atoms with Crippen LogP contribution in [0.25, 0.3) is 0 Å². The van der Waals surface area contributed by atoms with Gasteiger partial charge in [0.05, 0.1) is 11.1 Å². The van der Waals surface area contributed by atoms with Crippen molar-refractivity contribution in [2.45, 2.75) is 86.6 Å². The zero-order valence-electron chi connectivity index (χ0n) is 21.6. The molecule has 1 saturated carbocycles. The van der Waals surface area contributed by atoms with Crippen LogP contribution in [0.4, 0.5) is 31.1 Å². The normalized spacial score (nSPS) is 22.6. The average molecular weight is 668 g/mol. The summed E-state index contributed by atoms with van der Waals surface area (Å²) in [5, 5.41) is 3.22. The third-order valence-corrected chi connectivity index (χ3v) is 7.32. The molecule has 214 valence electrons. The van der Waals surface area contributed by atoms with Gasteiger partial charge in [0, 0.05) is 24.7 Å². The molecule has 39 heavy (non-hydrogen) atoms. The largest absolute Gasteiger partial charge is 0.433 e. The number of likely N-dealkylation sites (tertiary alicyclic amines) is 1. The smallest absolute Gasteiger partial charge is 0.416 e. The highest BCUT2D eigenvalue weighted by Gasteiger charge is 2.47. The molecule has 0 aromatic heterocycles. The standard InChI is InChI=1S/C28H31F6IN2O2/c1-26(2,35)39-25(38)37-23(12-17-6-4-3-5-7-17)14-22(15-24(37)19-8-9-19)36-16-18-10-20(27(29,30)31)13-21(11-18)28(32,33)34/h3-7,10-11,13,19,22-24,36H,8-9,12,14-16H2,1-2H3. The van der Waals surface area contributed by atoms with Crippen molar-refractivity contribution >= 4 is 28.7 Å². The van der Waals surface area contributed by atoms with Crippen molar-refractivity contribution in [3.63, 3.8) is 0 Å². The van der Waals surface area contributed by atoms with Crippen LogP contribution in [0.1, 0.15) is 61.8 Å². The summed E-state index contributed by atoms with van der Waals surface area (Å²) >= 11 is 2.06. The van der Waals surface area contributed by atoms with E-state index in [0.29, 0.717) is 19.3 Å². The molecule has 1 N–H and O–H groups in total. The van der Waals surface area contributed by atoms with Gasteiger partial charge in [-0.1, -0.05) is 30.3 Å². The van der Waals surface area contributed by atoms with E-state index in [2.05, 4.69) is 27.9 Å². The lowest BCUT2D eigenvalue weighted by atomic mass is 9.86. The van der Waals surface area contributed by atoms with Crippen molar-refractivity contribution in [1.82, 2.24) is 10.2 Å². The lowest BCUT2D eigenvalue weighted by molar-refractivity contribution is -0.143. The maximum atomic E-state index is 13.4. The maximum Gasteiger partial charge on any atom is 0.416 e. The Hall–Kier alpha value is -2.02. The molecule has 1 amide bonds. The van der Waals surface area contributed by atoms with Crippen LogP contribution in [-0.4, -0.2) is 32.7 Å². The number of halogens is 7. The first-order valence-corrected chi connectivity index (χ1v) is 13.9. The van der Waals surface area contributed by atoms with Crippen molar-refractivity contribution in [3.8, 4) is 0 Å². The maximum absolute atomic E-state index is 13.4. The van der Waals surface area contributed by atoms with Crippen molar-refractivity contribution < 1.29 is 35.9 Å². The van der Waals surface area contributed by atoms with Crippen LogP contribution >= 0.6 is 22.6 Å². The summed E-state index contributed by atoms with van der Waals surface area (Å²) in [4.78, 5) is 15.2. The lowest BCUT2D eigenvalue weighted by Gasteiger charge is -2.46. The molecule has 2 fully saturated rings. The van der Waals surface area contributed by atoms with Crippen molar-refractivity contribution in [2.24, 2.45) is 5.92 Å². The lowest BCUT2D eigenvalue weighted by Crippen LogP contribution is -2.58. The molecule has 4 rings (SSSR count). The van der Waals surface area contributed by atoms with E-state index in [1.54, 1.807) is 13.8 Å². The van der Waals surface area contributed by atoms with Crippen molar-refractivity contribution in [1.29, 1.82) is 0 Å². The van der Waals surface area contributed by atoms with E-state index in [1.165, 1.54) is 0 Å². The molecule has 0 radical (unpaired) electrons. The van der Waals surface area contributed by atoms with E-state index in [1.807, 2.05) is 35.2 Å². The highest BCUT2D eigenvalue weighted by molar-refractivity contribution is 14.1. The fourth-order valence-electron chi connectivity index (χ4n) is 5.28. The van der Waals surface area contributed by atoms with Gasteiger partial charge in [0.1, 0.15) is 0 Å². The first-order chi connectivity index (χ1) is 18.1. The summed E-state index contributed by atoms with van der Waals surface area (Å²) in [5.74, 6) is 0.281. The highest BCUT2D eigenvalue weighted by Crippen LogP contribution is 2.43. The molecule has 2 aromatic carbocycles. The Bertz CT molecular complexity index is 1110. The number of nitrogens with one attached hydrogen (secondary N) is 1. The van der Waals surface area contributed by atoms with Gasteiger partial charge in [0.15, 0.2) is 3.61 Å². The molecule has 2 aromatic rings. The van der Waals surface area contributed by atoms with Gasteiger partial charge in [0.2, 0.25) is 0 Å². The van der Waals surface area contributed by atoms with E-state index in [4.69, 9.17) is 4.74 Å². The van der Waals surface area contributed by atoms with Gasteiger partial charge in [-0.3, -0.25) is 0 Å². The first-order valence-electron chi connectivity index (χ1n) is 12.9. The molecule has 0 bridgehead atoms. The number of ether oxygens (including phenoxy) is 1. The number of amides is 1. The molecule has 3 unspecified atom stereocenters. The average Bonchev–Trinajstić information content (AvgIpc) is 3.66. The van der Waals surface area contributed by atoms with Crippen LogP contribution < -0.4 is 5.32 Å². The zero-order chi connectivity index (χ0) is 28.6. The predicted octanol–water partition coefficient (Wildman–Crippen LogP) is 7.98. The molecule has 1 saturated heterocycles. The minimum absolute atomic E-state index is 0.0896. The highest BCUT2D eigenvalue weighted by atomic mass is 127. The van der Waals surface area contributed by atoms with Crippen molar-refractivity contribution in [2.75, 3.05) is 0 Å². The molecule has 4 nitrogen and oxygen atoms in total. The first kappa shape index (κ1) is 30.0. The van der Waals surface area contributed by atoms with E-state index in [0.717, 1.165) is 30.5 Å². The summed E-state index contributed by atoms with van der Waals surface area (Å²) in [6.45, 7) is 3.43. The van der Waals surface area contributed by atoms with E-state index in [9.17, 15) is 31.1 Å². The fraction of sp³-hybridized carbons (Fsp3) is 0.536. The summed E-state index contributed by atoms with van der Waals surface area (Å²) in [6.07, 6.45) is -6.71. The number of hydrogen-bond donors (Lipinski definition) is 1. The number of carbonyl (C=O) groups excluding carboxylic acids is 1. The molecule has 1 aliphatic heterocycles. The number of hydrogen-bond acceptors (Lipinski definition) is 3. The molecular formula is C28H31F6IN2O2. The minimum atomic E-state index is -4.90. The summed E-state index contributed by atoms with van der Waals surface area (Å²) in [5.41, 5.74) is -1.72. The zero-order valence-corrected chi connectivity index (χ0v) is 23.7. The number of rotatable bonds is 7. The topological polar surface area (TPSA) is 41.6 Å². The Kier molecular flexibility index (Phi) is 8.80. The van der Waals surface area contributed by atoms with Crippen LogP contribution in [0.3, 0.4) is 0 Å². The number of carbonyl (C=O) groups is 1. The predicted molar refractivity (Wildman–Crippen MR) is 143 cm³/mol. The van der Waals surface area contributed by atoms with Crippen LogP contribution in [0, 0.1) is 5.92 Å². The SMILES string of the molecule is CC(C)(I)OC(=O)N1C(Cc2ccccc2)CC(NCc2cc(C(F)(F)F)cc(C(F)(F)F)c2)CC1C1CC1. The number of piperidine rings is 1. The molecule has 11 heteroatoms. The van der Waals surface area contributed by atoms with Crippen LogP contribution in [-0.2, 0) is 30.1 Å². The third kappa shape index (κ3) is 8.25. The van der Waals surface area contributed by atoms with Crippen LogP contribution in [0.2, 0.25) is 0 Å². The van der Waals surface area contributed by atoms with Gasteiger partial charge in [-0.05, 0) is 104 Å². The Balaban J connectivity index is 1.58. The second kappa shape index (κ2) is 11.5. The molecule has 1 heterocycles. The molecular weight excluding hydrogens is 637 g/mol.